The van der Waals surface area contributed by atoms with Crippen LogP contribution in [0.2, 0.25) is 0 Å². The van der Waals surface area contributed by atoms with E-state index >= 15 is 0 Å². The molecule has 1 saturated carbocycles. The Balaban J connectivity index is 1.33. The molecule has 4 rings (SSSR count). The minimum atomic E-state index is -0.686. The number of benzene rings is 2. The van der Waals surface area contributed by atoms with Gasteiger partial charge in [0.15, 0.2) is 0 Å². The van der Waals surface area contributed by atoms with E-state index in [-0.39, 0.29) is 12.0 Å². The van der Waals surface area contributed by atoms with Crippen molar-refractivity contribution >= 4 is 5.97 Å². The molecule has 0 spiro atoms. The van der Waals surface area contributed by atoms with Gasteiger partial charge in [0.05, 0.1) is 5.92 Å². The first-order valence-corrected chi connectivity index (χ1v) is 11.6. The molecule has 0 aliphatic heterocycles. The third-order valence-corrected chi connectivity index (χ3v) is 6.18. The number of nitrogens with zero attached hydrogens (tertiary/aromatic N) is 2. The van der Waals surface area contributed by atoms with Crippen molar-refractivity contribution in [1.82, 2.24) is 15.5 Å². The first-order chi connectivity index (χ1) is 15.9. The molecule has 0 bridgehead atoms. The van der Waals surface area contributed by atoms with Gasteiger partial charge in [-0.2, -0.15) is 4.98 Å². The lowest BCUT2D eigenvalue weighted by atomic mass is 9.75. The molecule has 0 radical (unpaired) electrons. The second kappa shape index (κ2) is 10.0. The zero-order valence-corrected chi connectivity index (χ0v) is 19.4. The van der Waals surface area contributed by atoms with E-state index in [1.807, 2.05) is 30.5 Å². The fourth-order valence-corrected chi connectivity index (χ4v) is 4.09. The van der Waals surface area contributed by atoms with Crippen LogP contribution in [-0.2, 0) is 11.2 Å². The van der Waals surface area contributed by atoms with Gasteiger partial charge in [0.25, 0.3) is 5.89 Å². The molecule has 1 fully saturated rings. The molecule has 3 aromatic rings. The van der Waals surface area contributed by atoms with Crippen LogP contribution in [0.25, 0.3) is 22.8 Å². The Labute approximate surface area is 194 Å². The highest BCUT2D eigenvalue weighted by Crippen LogP contribution is 2.34. The molecule has 0 amide bonds. The smallest absolute Gasteiger partial charge is 0.306 e. The van der Waals surface area contributed by atoms with Crippen molar-refractivity contribution in [2.75, 3.05) is 0 Å². The number of carboxylic acids is 1. The van der Waals surface area contributed by atoms with Crippen molar-refractivity contribution in [2.24, 2.45) is 17.8 Å². The van der Waals surface area contributed by atoms with E-state index in [9.17, 15) is 4.79 Å². The number of allylic oxidation sites excluding steroid dienone is 1. The lowest BCUT2D eigenvalue weighted by molar-refractivity contribution is -0.145. The molecule has 1 heterocycles. The van der Waals surface area contributed by atoms with Gasteiger partial charge < -0.3 is 14.9 Å². The van der Waals surface area contributed by atoms with Crippen molar-refractivity contribution in [3.8, 4) is 22.8 Å². The highest BCUT2D eigenvalue weighted by molar-refractivity contribution is 5.71. The summed E-state index contributed by atoms with van der Waals surface area (Å²) in [6.45, 7) is 6.52. The Hall–Kier alpha value is -3.41. The molecule has 33 heavy (non-hydrogen) atoms. The summed E-state index contributed by atoms with van der Waals surface area (Å²) in [5.74, 6) is 1.20. The Kier molecular flexibility index (Phi) is 6.92. The fourth-order valence-electron chi connectivity index (χ4n) is 4.09. The molecular formula is C27H31N3O3. The van der Waals surface area contributed by atoms with Gasteiger partial charge in [0.2, 0.25) is 5.82 Å². The largest absolute Gasteiger partial charge is 0.481 e. The zero-order chi connectivity index (χ0) is 23.4. The summed E-state index contributed by atoms with van der Waals surface area (Å²) in [7, 11) is 0. The highest BCUT2D eigenvalue weighted by atomic mass is 16.5. The van der Waals surface area contributed by atoms with Gasteiger partial charge in [-0.15, -0.1) is 0 Å². The molecule has 1 aromatic heterocycles. The fraction of sp³-hybridized carbons (Fsp3) is 0.370. The molecular weight excluding hydrogens is 414 g/mol. The lowest BCUT2D eigenvalue weighted by Gasteiger charge is -2.29. The minimum Gasteiger partial charge on any atom is -0.481 e. The number of hydrogen-bond acceptors (Lipinski definition) is 5. The average molecular weight is 446 g/mol. The van der Waals surface area contributed by atoms with Gasteiger partial charge in [-0.3, -0.25) is 4.79 Å². The maximum Gasteiger partial charge on any atom is 0.306 e. The van der Waals surface area contributed by atoms with Crippen LogP contribution < -0.4 is 5.32 Å². The monoisotopic (exact) mass is 445 g/mol. The lowest BCUT2D eigenvalue weighted by Crippen LogP contribution is -2.29. The molecule has 6 nitrogen and oxygen atoms in total. The summed E-state index contributed by atoms with van der Waals surface area (Å²) in [4.78, 5) is 15.5. The summed E-state index contributed by atoms with van der Waals surface area (Å²) in [6.07, 6.45) is 6.52. The predicted molar refractivity (Wildman–Crippen MR) is 128 cm³/mol. The molecule has 0 unspecified atom stereocenters. The molecule has 6 heteroatoms. The van der Waals surface area contributed by atoms with Crippen molar-refractivity contribution < 1.29 is 14.4 Å². The number of rotatable bonds is 9. The van der Waals surface area contributed by atoms with E-state index in [4.69, 9.17) is 9.63 Å². The second-order valence-electron chi connectivity index (χ2n) is 9.35. The molecule has 172 valence electrons. The zero-order valence-electron chi connectivity index (χ0n) is 19.4. The average Bonchev–Trinajstić information content (AvgIpc) is 3.25. The maximum absolute atomic E-state index is 10.9. The first-order valence-electron chi connectivity index (χ1n) is 11.6. The van der Waals surface area contributed by atoms with Gasteiger partial charge in [-0.25, -0.2) is 0 Å². The Morgan fingerprint density at radius 2 is 1.76 bits per heavy atom. The van der Waals surface area contributed by atoms with E-state index in [1.165, 1.54) is 5.56 Å². The van der Waals surface area contributed by atoms with Crippen LogP contribution in [-0.4, -0.2) is 21.2 Å². The molecule has 2 aromatic carbocycles. The highest BCUT2D eigenvalue weighted by Gasteiger charge is 2.32. The van der Waals surface area contributed by atoms with Crippen LogP contribution in [0.15, 0.2) is 65.3 Å². The second-order valence-corrected chi connectivity index (χ2v) is 9.35. The summed E-state index contributed by atoms with van der Waals surface area (Å²) in [6, 6.07) is 16.5. The van der Waals surface area contributed by atoms with Gasteiger partial charge in [0.1, 0.15) is 0 Å². The van der Waals surface area contributed by atoms with Crippen LogP contribution in [0.3, 0.4) is 0 Å². The maximum atomic E-state index is 10.9. The Bertz CT molecular complexity index is 1090. The van der Waals surface area contributed by atoms with Crippen LogP contribution in [0, 0.1) is 17.8 Å². The van der Waals surface area contributed by atoms with Crippen LogP contribution in [0.5, 0.6) is 0 Å². The van der Waals surface area contributed by atoms with Crippen LogP contribution >= 0.6 is 0 Å². The summed E-state index contributed by atoms with van der Waals surface area (Å²) in [5.41, 5.74) is 4.27. The number of aromatic nitrogens is 2. The van der Waals surface area contributed by atoms with Crippen LogP contribution in [0.1, 0.15) is 50.8 Å². The first kappa shape index (κ1) is 22.8. The Morgan fingerprint density at radius 1 is 1.09 bits per heavy atom. The SMILES string of the molecule is CC(C)Cc1ccc(-c2nc(-c3ccc([C@H](C)N/C=C/C4CC(C(=O)O)C4)cc3)no2)cc1. The Morgan fingerprint density at radius 3 is 2.39 bits per heavy atom. The third kappa shape index (κ3) is 5.69. The van der Waals surface area contributed by atoms with Gasteiger partial charge in [0, 0.05) is 17.2 Å². The molecule has 2 N–H and O–H groups in total. The quantitative estimate of drug-likeness (QED) is 0.428. The van der Waals surface area contributed by atoms with Crippen molar-refractivity contribution in [3.63, 3.8) is 0 Å². The molecule has 1 aliphatic carbocycles. The van der Waals surface area contributed by atoms with Crippen molar-refractivity contribution in [3.05, 3.63) is 71.9 Å². The van der Waals surface area contributed by atoms with Crippen LogP contribution in [0.4, 0.5) is 0 Å². The number of hydrogen-bond donors (Lipinski definition) is 2. The number of carboxylic acid groups (broad SMARTS) is 1. The molecule has 1 atom stereocenters. The van der Waals surface area contributed by atoms with Gasteiger partial charge >= 0.3 is 5.97 Å². The van der Waals surface area contributed by atoms with Crippen molar-refractivity contribution in [1.29, 1.82) is 0 Å². The van der Waals surface area contributed by atoms with E-state index in [0.29, 0.717) is 23.6 Å². The summed E-state index contributed by atoms with van der Waals surface area (Å²) >= 11 is 0. The van der Waals surface area contributed by atoms with Gasteiger partial charge in [-0.1, -0.05) is 61.5 Å². The number of nitrogens with one attached hydrogen (secondary N) is 1. The van der Waals surface area contributed by atoms with E-state index in [2.05, 4.69) is 66.6 Å². The number of aliphatic carboxylic acids is 1. The van der Waals surface area contributed by atoms with E-state index < -0.39 is 5.97 Å². The molecule has 0 saturated heterocycles. The van der Waals surface area contributed by atoms with E-state index in [0.717, 1.165) is 36.0 Å². The number of carbonyl (C=O) groups is 1. The minimum absolute atomic E-state index is 0.135. The summed E-state index contributed by atoms with van der Waals surface area (Å²) < 4.78 is 5.50. The standard InChI is InChI=1S/C27H31N3O3/c1-17(2)14-19-4-6-23(7-5-19)26-29-25(30-33-26)22-10-8-21(9-11-22)18(3)28-13-12-20-15-24(16-20)27(31)32/h4-13,17-18,20,24,28H,14-16H2,1-3H3,(H,31,32)/b13-12+/t18-,20?,24?/m0/s1. The summed E-state index contributed by atoms with van der Waals surface area (Å²) in [5, 5.41) is 16.5. The normalized spacial score (nSPS) is 18.9. The van der Waals surface area contributed by atoms with E-state index in [1.54, 1.807) is 0 Å². The topological polar surface area (TPSA) is 88.2 Å². The van der Waals surface area contributed by atoms with Gasteiger partial charge in [-0.05, 0) is 67.5 Å². The third-order valence-electron chi connectivity index (χ3n) is 6.18. The van der Waals surface area contributed by atoms with Crippen molar-refractivity contribution in [2.45, 2.75) is 46.1 Å². The predicted octanol–water partition coefficient (Wildman–Crippen LogP) is 5.88. The molecule has 1 aliphatic rings.